The summed E-state index contributed by atoms with van der Waals surface area (Å²) in [5.74, 6) is 1.77. The summed E-state index contributed by atoms with van der Waals surface area (Å²) in [4.78, 5) is 14.8. The molecule has 0 amide bonds. The van der Waals surface area contributed by atoms with Gasteiger partial charge in [0, 0.05) is 27.8 Å². The second-order valence-corrected chi connectivity index (χ2v) is 13.8. The normalized spacial score (nSPS) is 12.7. The lowest BCUT2D eigenvalue weighted by atomic mass is 9.85. The predicted molar refractivity (Wildman–Crippen MR) is 211 cm³/mol. The summed E-state index contributed by atoms with van der Waals surface area (Å²) in [5, 5.41) is 0. The van der Waals surface area contributed by atoms with Crippen molar-refractivity contribution in [3.8, 4) is 84.4 Å². The standard InChI is InChI=1S/C48H34FN3O/c1-48(2)43-16-10-9-15-41(43)42-26-25-37(30-44(42)53-48)38-27-39(29-40(49)28-38)47-51-45(35-21-17-33(18-22-35)31-11-5-3-6-12-31)50-46(52-47)36-23-19-34(20-24-36)32-13-7-4-8-14-32/h3-30H,1-2H3. The van der Waals surface area contributed by atoms with E-state index in [1.807, 2.05) is 91.0 Å². The molecular formula is C48H34FN3O. The molecule has 1 aliphatic heterocycles. The average Bonchev–Trinajstić information content (AvgIpc) is 3.21. The largest absolute Gasteiger partial charge is 0.482 e. The van der Waals surface area contributed by atoms with Crippen LogP contribution in [-0.4, -0.2) is 15.0 Å². The molecule has 5 heteroatoms. The van der Waals surface area contributed by atoms with Crippen LogP contribution in [0.3, 0.4) is 0 Å². The number of fused-ring (bicyclic) bond motifs is 3. The fourth-order valence-corrected chi connectivity index (χ4v) is 7.12. The molecule has 0 spiro atoms. The van der Waals surface area contributed by atoms with Crippen molar-refractivity contribution in [1.82, 2.24) is 15.0 Å². The van der Waals surface area contributed by atoms with Crippen LogP contribution >= 0.6 is 0 Å². The maximum Gasteiger partial charge on any atom is 0.164 e. The van der Waals surface area contributed by atoms with Gasteiger partial charge in [0.15, 0.2) is 17.5 Å². The number of aromatic nitrogens is 3. The van der Waals surface area contributed by atoms with Crippen molar-refractivity contribution in [2.45, 2.75) is 19.4 Å². The van der Waals surface area contributed by atoms with Crippen molar-refractivity contribution < 1.29 is 9.13 Å². The summed E-state index contributed by atoms with van der Waals surface area (Å²) in [7, 11) is 0. The first kappa shape index (κ1) is 32.2. The minimum atomic E-state index is -0.508. The molecule has 0 N–H and O–H groups in total. The highest BCUT2D eigenvalue weighted by Gasteiger charge is 2.32. The molecule has 8 aromatic rings. The van der Waals surface area contributed by atoms with Crippen LogP contribution in [0.15, 0.2) is 170 Å². The van der Waals surface area contributed by atoms with Crippen LogP contribution < -0.4 is 4.74 Å². The molecular weight excluding hydrogens is 654 g/mol. The molecule has 0 saturated carbocycles. The van der Waals surface area contributed by atoms with Crippen LogP contribution in [0, 0.1) is 5.82 Å². The van der Waals surface area contributed by atoms with Gasteiger partial charge in [0.1, 0.15) is 17.2 Å². The van der Waals surface area contributed by atoms with Crippen LogP contribution in [-0.2, 0) is 5.60 Å². The van der Waals surface area contributed by atoms with E-state index in [0.29, 0.717) is 28.6 Å². The highest BCUT2D eigenvalue weighted by atomic mass is 19.1. The van der Waals surface area contributed by atoms with E-state index in [2.05, 4.69) is 80.6 Å². The van der Waals surface area contributed by atoms with Crippen molar-refractivity contribution in [2.75, 3.05) is 0 Å². The Morgan fingerprint density at radius 1 is 0.396 bits per heavy atom. The third-order valence-electron chi connectivity index (χ3n) is 9.84. The minimum absolute atomic E-state index is 0.384. The molecule has 254 valence electrons. The Bertz CT molecular complexity index is 2500. The van der Waals surface area contributed by atoms with E-state index < -0.39 is 5.60 Å². The Balaban J connectivity index is 1.14. The van der Waals surface area contributed by atoms with Crippen LogP contribution in [0.1, 0.15) is 19.4 Å². The van der Waals surface area contributed by atoms with Crippen LogP contribution in [0.25, 0.3) is 78.7 Å². The van der Waals surface area contributed by atoms with Crippen LogP contribution in [0.2, 0.25) is 0 Å². The summed E-state index contributed by atoms with van der Waals surface area (Å²) < 4.78 is 22.1. The SMILES string of the molecule is CC1(C)Oc2cc(-c3cc(F)cc(-c4nc(-c5ccc(-c6ccccc6)cc5)nc(-c5ccc(-c6ccccc6)cc5)n4)c3)ccc2-c2ccccc21. The number of halogens is 1. The van der Waals surface area contributed by atoms with Gasteiger partial charge in [-0.1, -0.05) is 146 Å². The molecule has 4 nitrogen and oxygen atoms in total. The zero-order valence-corrected chi connectivity index (χ0v) is 29.3. The lowest BCUT2D eigenvalue weighted by Gasteiger charge is -2.35. The lowest BCUT2D eigenvalue weighted by Crippen LogP contribution is -2.29. The number of ether oxygens (including phenoxy) is 1. The summed E-state index contributed by atoms with van der Waals surface area (Å²) in [6.45, 7) is 4.14. The van der Waals surface area contributed by atoms with Crippen molar-refractivity contribution in [3.63, 3.8) is 0 Å². The summed E-state index contributed by atoms with van der Waals surface area (Å²) in [6, 6.07) is 56.2. The molecule has 0 atom stereocenters. The molecule has 53 heavy (non-hydrogen) atoms. The fraction of sp³-hybridized carbons (Fsp3) is 0.0625. The van der Waals surface area contributed by atoms with Crippen molar-refractivity contribution in [1.29, 1.82) is 0 Å². The topological polar surface area (TPSA) is 47.9 Å². The second-order valence-electron chi connectivity index (χ2n) is 13.8. The molecule has 0 fully saturated rings. The molecule has 0 unspecified atom stereocenters. The van der Waals surface area contributed by atoms with Crippen molar-refractivity contribution in [2.24, 2.45) is 0 Å². The lowest BCUT2D eigenvalue weighted by molar-refractivity contribution is 0.106. The van der Waals surface area contributed by atoms with Crippen molar-refractivity contribution >= 4 is 0 Å². The van der Waals surface area contributed by atoms with Gasteiger partial charge in [-0.05, 0) is 77.1 Å². The molecule has 1 aromatic heterocycles. The average molecular weight is 688 g/mol. The number of nitrogens with zero attached hydrogens (tertiary/aromatic N) is 3. The van der Waals surface area contributed by atoms with E-state index in [1.54, 1.807) is 6.07 Å². The minimum Gasteiger partial charge on any atom is -0.482 e. The number of benzene rings is 7. The summed E-state index contributed by atoms with van der Waals surface area (Å²) >= 11 is 0. The van der Waals surface area contributed by atoms with E-state index in [0.717, 1.165) is 61.4 Å². The molecule has 0 saturated heterocycles. The molecule has 2 heterocycles. The van der Waals surface area contributed by atoms with Gasteiger partial charge in [-0.15, -0.1) is 0 Å². The Hall–Kier alpha value is -6.72. The van der Waals surface area contributed by atoms with Gasteiger partial charge in [-0.25, -0.2) is 19.3 Å². The number of hydrogen-bond donors (Lipinski definition) is 0. The van der Waals surface area contributed by atoms with E-state index in [-0.39, 0.29) is 5.82 Å². The fourth-order valence-electron chi connectivity index (χ4n) is 7.12. The Kier molecular flexibility index (Phi) is 7.97. The molecule has 0 aliphatic carbocycles. The molecule has 9 rings (SSSR count). The van der Waals surface area contributed by atoms with Gasteiger partial charge >= 0.3 is 0 Å². The quantitative estimate of drug-likeness (QED) is 0.175. The third-order valence-corrected chi connectivity index (χ3v) is 9.84. The molecule has 0 radical (unpaired) electrons. The van der Waals surface area contributed by atoms with Crippen LogP contribution in [0.5, 0.6) is 5.75 Å². The maximum absolute atomic E-state index is 15.6. The van der Waals surface area contributed by atoms with E-state index in [9.17, 15) is 0 Å². The van der Waals surface area contributed by atoms with Crippen molar-refractivity contribution in [3.05, 3.63) is 181 Å². The zero-order valence-electron chi connectivity index (χ0n) is 29.3. The third kappa shape index (κ3) is 6.27. The first-order valence-corrected chi connectivity index (χ1v) is 17.7. The Morgan fingerprint density at radius 2 is 0.849 bits per heavy atom. The molecule has 1 aliphatic rings. The maximum atomic E-state index is 15.6. The monoisotopic (exact) mass is 687 g/mol. The van der Waals surface area contributed by atoms with Gasteiger partial charge < -0.3 is 4.74 Å². The summed E-state index contributed by atoms with van der Waals surface area (Å²) in [5.41, 5.74) is 11.0. The first-order valence-electron chi connectivity index (χ1n) is 17.7. The molecule has 0 bridgehead atoms. The van der Waals surface area contributed by atoms with Gasteiger partial charge in [0.05, 0.1) is 0 Å². The second kappa shape index (κ2) is 13.1. The predicted octanol–water partition coefficient (Wildman–Crippen LogP) is 12.3. The first-order chi connectivity index (χ1) is 25.9. The highest BCUT2D eigenvalue weighted by molar-refractivity contribution is 5.82. The Labute approximate surface area is 308 Å². The highest BCUT2D eigenvalue weighted by Crippen LogP contribution is 2.46. The van der Waals surface area contributed by atoms with Gasteiger partial charge in [0.25, 0.3) is 0 Å². The van der Waals surface area contributed by atoms with E-state index in [4.69, 9.17) is 19.7 Å². The smallest absolute Gasteiger partial charge is 0.164 e. The Morgan fingerprint density at radius 3 is 1.43 bits per heavy atom. The van der Waals surface area contributed by atoms with E-state index in [1.165, 1.54) is 6.07 Å². The summed E-state index contributed by atoms with van der Waals surface area (Å²) in [6.07, 6.45) is 0. The number of hydrogen-bond acceptors (Lipinski definition) is 4. The van der Waals surface area contributed by atoms with E-state index >= 15 is 4.39 Å². The number of rotatable bonds is 6. The van der Waals surface area contributed by atoms with Crippen LogP contribution in [0.4, 0.5) is 4.39 Å². The van der Waals surface area contributed by atoms with Gasteiger partial charge in [-0.3, -0.25) is 0 Å². The van der Waals surface area contributed by atoms with Gasteiger partial charge in [-0.2, -0.15) is 0 Å². The molecule has 7 aromatic carbocycles. The van der Waals surface area contributed by atoms with Gasteiger partial charge in [0.2, 0.25) is 0 Å². The zero-order chi connectivity index (χ0) is 35.9.